The molecule has 0 bridgehead atoms. The lowest BCUT2D eigenvalue weighted by atomic mass is 10.2. The van der Waals surface area contributed by atoms with E-state index in [-0.39, 0.29) is 13.0 Å². The van der Waals surface area contributed by atoms with Crippen molar-refractivity contribution in [3.63, 3.8) is 0 Å². The summed E-state index contributed by atoms with van der Waals surface area (Å²) in [6, 6.07) is 9.44. The Morgan fingerprint density at radius 3 is 2.30 bits per heavy atom. The van der Waals surface area contributed by atoms with Gasteiger partial charge in [-0.25, -0.2) is 0 Å². The molecule has 0 spiro atoms. The summed E-state index contributed by atoms with van der Waals surface area (Å²) < 4.78 is 0. The van der Waals surface area contributed by atoms with Crippen LogP contribution in [0.2, 0.25) is 0 Å². The maximum absolute atomic E-state index is 12.0. The van der Waals surface area contributed by atoms with Gasteiger partial charge in [0, 0.05) is 26.2 Å². The SMILES string of the molecule is O=C(O)CCN1CCN(Cc2ccccc2)C(=O)C1=O. The largest absolute Gasteiger partial charge is 0.481 e. The lowest BCUT2D eigenvalue weighted by Gasteiger charge is -2.33. The molecule has 6 heteroatoms. The third-order valence-electron chi connectivity index (χ3n) is 3.21. The molecule has 20 heavy (non-hydrogen) atoms. The minimum absolute atomic E-state index is 0.0824. The Hall–Kier alpha value is -2.37. The molecule has 0 unspecified atom stereocenters. The van der Waals surface area contributed by atoms with E-state index in [0.717, 1.165) is 5.56 Å². The molecular formula is C14H16N2O4. The Labute approximate surface area is 116 Å². The van der Waals surface area contributed by atoms with E-state index < -0.39 is 17.8 Å². The molecule has 0 aliphatic carbocycles. The van der Waals surface area contributed by atoms with Crippen molar-refractivity contribution in [1.82, 2.24) is 9.80 Å². The molecule has 1 aliphatic rings. The Morgan fingerprint density at radius 2 is 1.65 bits per heavy atom. The minimum atomic E-state index is -0.975. The lowest BCUT2D eigenvalue weighted by molar-refractivity contribution is -0.157. The van der Waals surface area contributed by atoms with Gasteiger partial charge in [-0.15, -0.1) is 0 Å². The third-order valence-corrected chi connectivity index (χ3v) is 3.21. The normalized spacial score (nSPS) is 15.6. The molecule has 1 aromatic carbocycles. The molecule has 0 saturated carbocycles. The van der Waals surface area contributed by atoms with E-state index in [1.807, 2.05) is 30.3 Å². The van der Waals surface area contributed by atoms with E-state index in [1.165, 1.54) is 9.80 Å². The second-order valence-electron chi connectivity index (χ2n) is 4.65. The van der Waals surface area contributed by atoms with Crippen molar-refractivity contribution in [1.29, 1.82) is 0 Å². The number of hydrogen-bond donors (Lipinski definition) is 1. The monoisotopic (exact) mass is 276 g/mol. The zero-order chi connectivity index (χ0) is 14.5. The minimum Gasteiger partial charge on any atom is -0.481 e. The first-order valence-corrected chi connectivity index (χ1v) is 6.42. The van der Waals surface area contributed by atoms with E-state index in [9.17, 15) is 14.4 Å². The Kier molecular flexibility index (Phi) is 4.34. The summed E-state index contributed by atoms with van der Waals surface area (Å²) >= 11 is 0. The van der Waals surface area contributed by atoms with Gasteiger partial charge in [0.2, 0.25) is 0 Å². The molecule has 1 N–H and O–H groups in total. The van der Waals surface area contributed by atoms with E-state index >= 15 is 0 Å². The highest BCUT2D eigenvalue weighted by Gasteiger charge is 2.32. The highest BCUT2D eigenvalue weighted by atomic mass is 16.4. The van der Waals surface area contributed by atoms with Crippen LogP contribution >= 0.6 is 0 Å². The standard InChI is InChI=1S/C14H16N2O4/c17-12(18)6-7-15-8-9-16(14(20)13(15)19)10-11-4-2-1-3-5-11/h1-5H,6-10H2,(H,17,18). The summed E-state index contributed by atoms with van der Waals surface area (Å²) in [5.74, 6) is -2.16. The van der Waals surface area contributed by atoms with Crippen LogP contribution in [0.25, 0.3) is 0 Å². The van der Waals surface area contributed by atoms with Crippen LogP contribution in [-0.4, -0.2) is 52.3 Å². The van der Waals surface area contributed by atoms with Gasteiger partial charge in [-0.05, 0) is 5.56 Å². The molecule has 1 saturated heterocycles. The number of benzene rings is 1. The first-order valence-electron chi connectivity index (χ1n) is 6.42. The Morgan fingerprint density at radius 1 is 1.05 bits per heavy atom. The number of carboxylic acids is 1. The predicted octanol–water partition coefficient (Wildman–Crippen LogP) is 0.332. The maximum Gasteiger partial charge on any atom is 0.312 e. The van der Waals surface area contributed by atoms with E-state index in [2.05, 4.69) is 0 Å². The average molecular weight is 276 g/mol. The molecule has 106 valence electrons. The highest BCUT2D eigenvalue weighted by Crippen LogP contribution is 2.10. The van der Waals surface area contributed by atoms with Gasteiger partial charge in [0.05, 0.1) is 6.42 Å². The van der Waals surface area contributed by atoms with Crippen LogP contribution in [0.3, 0.4) is 0 Å². The van der Waals surface area contributed by atoms with Crippen molar-refractivity contribution in [2.75, 3.05) is 19.6 Å². The molecular weight excluding hydrogens is 260 g/mol. The van der Waals surface area contributed by atoms with Gasteiger partial charge in [0.1, 0.15) is 0 Å². The van der Waals surface area contributed by atoms with Crippen molar-refractivity contribution < 1.29 is 19.5 Å². The van der Waals surface area contributed by atoms with Crippen molar-refractivity contribution in [3.05, 3.63) is 35.9 Å². The number of carbonyl (C=O) groups is 3. The fourth-order valence-corrected chi connectivity index (χ4v) is 2.11. The second kappa shape index (κ2) is 6.18. The van der Waals surface area contributed by atoms with Crippen molar-refractivity contribution in [2.45, 2.75) is 13.0 Å². The quantitative estimate of drug-likeness (QED) is 0.786. The van der Waals surface area contributed by atoms with Crippen LogP contribution in [-0.2, 0) is 20.9 Å². The summed E-state index contributed by atoms with van der Waals surface area (Å²) in [7, 11) is 0. The van der Waals surface area contributed by atoms with Crippen LogP contribution in [0.5, 0.6) is 0 Å². The molecule has 1 aromatic rings. The van der Waals surface area contributed by atoms with Crippen LogP contribution in [0, 0.1) is 0 Å². The predicted molar refractivity (Wildman–Crippen MR) is 70.7 cm³/mol. The molecule has 2 amide bonds. The average Bonchev–Trinajstić information content (AvgIpc) is 2.44. The maximum atomic E-state index is 12.0. The Bertz CT molecular complexity index is 515. The van der Waals surface area contributed by atoms with Gasteiger partial charge >= 0.3 is 17.8 Å². The van der Waals surface area contributed by atoms with Crippen molar-refractivity contribution >= 4 is 17.8 Å². The molecule has 0 radical (unpaired) electrons. The Balaban J connectivity index is 1.95. The number of hydrogen-bond acceptors (Lipinski definition) is 3. The van der Waals surface area contributed by atoms with Crippen LogP contribution < -0.4 is 0 Å². The summed E-state index contributed by atoms with van der Waals surface area (Å²) in [6.45, 7) is 1.29. The van der Waals surface area contributed by atoms with Gasteiger partial charge in [0.15, 0.2) is 0 Å². The molecule has 1 aliphatic heterocycles. The zero-order valence-electron chi connectivity index (χ0n) is 11.0. The molecule has 0 aromatic heterocycles. The zero-order valence-corrected chi connectivity index (χ0v) is 11.0. The van der Waals surface area contributed by atoms with E-state index in [0.29, 0.717) is 19.6 Å². The van der Waals surface area contributed by atoms with Gasteiger partial charge in [-0.3, -0.25) is 14.4 Å². The van der Waals surface area contributed by atoms with E-state index in [4.69, 9.17) is 5.11 Å². The fourth-order valence-electron chi connectivity index (χ4n) is 2.11. The van der Waals surface area contributed by atoms with Gasteiger partial charge in [-0.2, -0.15) is 0 Å². The number of carbonyl (C=O) groups excluding carboxylic acids is 2. The van der Waals surface area contributed by atoms with Crippen LogP contribution in [0.1, 0.15) is 12.0 Å². The number of carboxylic acid groups (broad SMARTS) is 1. The molecule has 1 heterocycles. The summed E-state index contributed by atoms with van der Waals surface area (Å²) in [4.78, 5) is 37.2. The molecule has 2 rings (SSSR count). The first kappa shape index (κ1) is 14.0. The molecule has 6 nitrogen and oxygen atoms in total. The van der Waals surface area contributed by atoms with Crippen LogP contribution in [0.15, 0.2) is 30.3 Å². The smallest absolute Gasteiger partial charge is 0.312 e. The van der Waals surface area contributed by atoms with Gasteiger partial charge < -0.3 is 14.9 Å². The summed E-state index contributed by atoms with van der Waals surface area (Å²) in [5.41, 5.74) is 0.965. The topological polar surface area (TPSA) is 77.9 Å². The van der Waals surface area contributed by atoms with Gasteiger partial charge in [0.25, 0.3) is 0 Å². The van der Waals surface area contributed by atoms with Crippen molar-refractivity contribution in [3.8, 4) is 0 Å². The number of nitrogens with zero attached hydrogens (tertiary/aromatic N) is 2. The highest BCUT2D eigenvalue weighted by molar-refractivity contribution is 6.35. The lowest BCUT2D eigenvalue weighted by Crippen LogP contribution is -2.54. The molecule has 1 fully saturated rings. The third kappa shape index (κ3) is 3.34. The number of rotatable bonds is 5. The second-order valence-corrected chi connectivity index (χ2v) is 4.65. The van der Waals surface area contributed by atoms with Crippen LogP contribution in [0.4, 0.5) is 0 Å². The van der Waals surface area contributed by atoms with E-state index in [1.54, 1.807) is 0 Å². The number of amides is 2. The fraction of sp³-hybridized carbons (Fsp3) is 0.357. The summed E-state index contributed by atoms with van der Waals surface area (Å²) in [6.07, 6.45) is -0.141. The molecule has 0 atom stereocenters. The number of aliphatic carboxylic acids is 1. The number of piperazine rings is 1. The summed E-state index contributed by atoms with van der Waals surface area (Å²) in [5, 5.41) is 8.61. The van der Waals surface area contributed by atoms with Crippen molar-refractivity contribution in [2.24, 2.45) is 0 Å². The van der Waals surface area contributed by atoms with Gasteiger partial charge in [-0.1, -0.05) is 30.3 Å². The first-order chi connectivity index (χ1) is 9.58.